The molecule has 0 saturated carbocycles. The quantitative estimate of drug-likeness (QED) is 0.524. The minimum absolute atomic E-state index is 0.772. The van der Waals surface area contributed by atoms with E-state index >= 15 is 0 Å². The molecule has 0 spiro atoms. The van der Waals surface area contributed by atoms with E-state index in [9.17, 15) is 0 Å². The van der Waals surface area contributed by atoms with Crippen LogP contribution in [0, 0.1) is 6.92 Å². The molecule has 0 fully saturated rings. The van der Waals surface area contributed by atoms with Gasteiger partial charge in [0.15, 0.2) is 0 Å². The van der Waals surface area contributed by atoms with Gasteiger partial charge in [-0.25, -0.2) is 0 Å². The lowest BCUT2D eigenvalue weighted by atomic mass is 10.1. The molecule has 2 heteroatoms. The summed E-state index contributed by atoms with van der Waals surface area (Å²) < 4.78 is 0. The highest BCUT2D eigenvalue weighted by molar-refractivity contribution is 5.24. The van der Waals surface area contributed by atoms with E-state index in [-0.39, 0.29) is 0 Å². The fourth-order valence-corrected chi connectivity index (χ4v) is 1.20. The van der Waals surface area contributed by atoms with Gasteiger partial charge in [-0.05, 0) is 19.4 Å². The molecule has 1 aromatic rings. The number of allylic oxidation sites excluding steroid dienone is 1. The van der Waals surface area contributed by atoms with Crippen LogP contribution in [0.1, 0.15) is 18.1 Å². The van der Waals surface area contributed by atoms with Crippen molar-refractivity contribution in [3.63, 3.8) is 0 Å². The maximum atomic E-state index is 3.89. The van der Waals surface area contributed by atoms with Gasteiger partial charge in [-0.2, -0.15) is 5.10 Å². The molecule has 0 unspecified atom stereocenters. The summed E-state index contributed by atoms with van der Waals surface area (Å²) in [6.45, 7) is 8.34. The summed E-state index contributed by atoms with van der Waals surface area (Å²) in [5, 5.41) is 5.70. The van der Waals surface area contributed by atoms with Gasteiger partial charge in [-0.3, -0.25) is 5.01 Å². The summed E-state index contributed by atoms with van der Waals surface area (Å²) in [6.07, 6.45) is 3.86. The zero-order valence-corrected chi connectivity index (χ0v) is 8.77. The topological polar surface area (TPSA) is 15.6 Å². The van der Waals surface area contributed by atoms with Crippen LogP contribution >= 0.6 is 0 Å². The minimum Gasteiger partial charge on any atom is -0.269 e. The molecule has 0 amide bonds. The van der Waals surface area contributed by atoms with E-state index in [0.717, 1.165) is 6.54 Å². The van der Waals surface area contributed by atoms with E-state index in [1.54, 1.807) is 0 Å². The Morgan fingerprint density at radius 3 is 2.50 bits per heavy atom. The second-order valence-electron chi connectivity index (χ2n) is 3.21. The van der Waals surface area contributed by atoms with Crippen molar-refractivity contribution in [1.29, 1.82) is 0 Å². The monoisotopic (exact) mass is 188 g/mol. The first-order chi connectivity index (χ1) is 6.76. The van der Waals surface area contributed by atoms with Gasteiger partial charge in [-0.15, -0.1) is 0 Å². The highest BCUT2D eigenvalue weighted by atomic mass is 15.4. The Hall–Kier alpha value is -1.57. The lowest BCUT2D eigenvalue weighted by Crippen LogP contribution is -2.08. The first kappa shape index (κ1) is 10.5. The molecule has 1 aromatic carbocycles. The number of rotatable bonds is 4. The van der Waals surface area contributed by atoms with Crippen molar-refractivity contribution in [2.24, 2.45) is 5.10 Å². The number of hydrogen-bond donors (Lipinski definition) is 0. The van der Waals surface area contributed by atoms with Gasteiger partial charge < -0.3 is 0 Å². The molecule has 0 N–H and O–H groups in total. The van der Waals surface area contributed by atoms with Crippen LogP contribution in [0.25, 0.3) is 0 Å². The van der Waals surface area contributed by atoms with Crippen molar-refractivity contribution in [3.8, 4) is 0 Å². The minimum atomic E-state index is 0.772. The fourth-order valence-electron chi connectivity index (χ4n) is 1.20. The number of nitrogens with zero attached hydrogens (tertiary/aromatic N) is 2. The Balaban J connectivity index is 2.67. The van der Waals surface area contributed by atoms with E-state index in [4.69, 9.17) is 0 Å². The number of hydrazone groups is 1. The second kappa shape index (κ2) is 5.22. The van der Waals surface area contributed by atoms with E-state index in [2.05, 4.69) is 43.0 Å². The summed E-state index contributed by atoms with van der Waals surface area (Å²) in [5.41, 5.74) is 2.51. The Labute approximate surface area is 85.6 Å². The lowest BCUT2D eigenvalue weighted by molar-refractivity contribution is 0.395. The van der Waals surface area contributed by atoms with E-state index in [1.807, 2.05) is 24.2 Å². The SMILES string of the molecule is C=NN(/C=C\C)Cc1ccc(C)cc1. The predicted molar refractivity (Wildman–Crippen MR) is 61.1 cm³/mol. The van der Waals surface area contributed by atoms with Gasteiger partial charge in [0.2, 0.25) is 0 Å². The number of aryl methyl sites for hydroxylation is 1. The first-order valence-electron chi connectivity index (χ1n) is 4.68. The molecule has 14 heavy (non-hydrogen) atoms. The molecule has 0 radical (unpaired) electrons. The molecule has 0 atom stereocenters. The van der Waals surface area contributed by atoms with E-state index in [0.29, 0.717) is 0 Å². The second-order valence-corrected chi connectivity index (χ2v) is 3.21. The summed E-state index contributed by atoms with van der Waals surface area (Å²) in [5.74, 6) is 0. The normalized spacial score (nSPS) is 10.4. The highest BCUT2D eigenvalue weighted by Crippen LogP contribution is 2.07. The third kappa shape index (κ3) is 3.05. The average molecular weight is 188 g/mol. The van der Waals surface area contributed by atoms with Crippen molar-refractivity contribution in [2.75, 3.05) is 0 Å². The predicted octanol–water partition coefficient (Wildman–Crippen LogP) is 2.95. The van der Waals surface area contributed by atoms with Gasteiger partial charge in [-0.1, -0.05) is 35.9 Å². The third-order valence-corrected chi connectivity index (χ3v) is 1.97. The largest absolute Gasteiger partial charge is 0.269 e. The van der Waals surface area contributed by atoms with Crippen LogP contribution in [0.2, 0.25) is 0 Å². The molecular weight excluding hydrogens is 172 g/mol. The Morgan fingerprint density at radius 2 is 2.00 bits per heavy atom. The van der Waals surface area contributed by atoms with Crippen LogP contribution in [0.4, 0.5) is 0 Å². The zero-order chi connectivity index (χ0) is 10.4. The molecule has 0 bridgehead atoms. The maximum absolute atomic E-state index is 3.89. The zero-order valence-electron chi connectivity index (χ0n) is 8.77. The van der Waals surface area contributed by atoms with Crippen LogP contribution in [0.5, 0.6) is 0 Å². The summed E-state index contributed by atoms with van der Waals surface area (Å²) in [6, 6.07) is 8.42. The molecule has 0 aliphatic rings. The molecular formula is C12H16N2. The molecule has 74 valence electrons. The van der Waals surface area contributed by atoms with E-state index in [1.165, 1.54) is 11.1 Å². The molecule has 0 aromatic heterocycles. The van der Waals surface area contributed by atoms with Gasteiger partial charge in [0.25, 0.3) is 0 Å². The molecule has 0 aliphatic carbocycles. The first-order valence-corrected chi connectivity index (χ1v) is 4.68. The Bertz CT molecular complexity index is 312. The Kier molecular flexibility index (Phi) is 3.92. The van der Waals surface area contributed by atoms with Crippen molar-refractivity contribution in [1.82, 2.24) is 5.01 Å². The summed E-state index contributed by atoms with van der Waals surface area (Å²) in [4.78, 5) is 0. The van der Waals surface area contributed by atoms with Gasteiger partial charge in [0.05, 0.1) is 6.54 Å². The average Bonchev–Trinajstić information content (AvgIpc) is 2.20. The van der Waals surface area contributed by atoms with Crippen molar-refractivity contribution >= 4 is 6.72 Å². The smallest absolute Gasteiger partial charge is 0.0658 e. The standard InChI is InChI=1S/C12H16N2/c1-4-9-14(13-3)10-12-7-5-11(2)6-8-12/h4-9H,3,10H2,1-2H3/b9-4-. The maximum Gasteiger partial charge on any atom is 0.0658 e. The van der Waals surface area contributed by atoms with Crippen LogP contribution in [-0.4, -0.2) is 11.7 Å². The van der Waals surface area contributed by atoms with Crippen LogP contribution in [-0.2, 0) is 6.54 Å². The number of benzene rings is 1. The lowest BCUT2D eigenvalue weighted by Gasteiger charge is -2.13. The molecule has 2 nitrogen and oxygen atoms in total. The molecule has 0 heterocycles. The summed E-state index contributed by atoms with van der Waals surface area (Å²) in [7, 11) is 0. The highest BCUT2D eigenvalue weighted by Gasteiger charge is 1.96. The van der Waals surface area contributed by atoms with Gasteiger partial charge in [0, 0.05) is 12.9 Å². The van der Waals surface area contributed by atoms with Crippen molar-refractivity contribution in [2.45, 2.75) is 20.4 Å². The van der Waals surface area contributed by atoms with Gasteiger partial charge in [0.1, 0.15) is 0 Å². The third-order valence-electron chi connectivity index (χ3n) is 1.97. The van der Waals surface area contributed by atoms with Gasteiger partial charge >= 0.3 is 0 Å². The fraction of sp³-hybridized carbons (Fsp3) is 0.250. The van der Waals surface area contributed by atoms with Crippen molar-refractivity contribution < 1.29 is 0 Å². The summed E-state index contributed by atoms with van der Waals surface area (Å²) >= 11 is 0. The van der Waals surface area contributed by atoms with Crippen LogP contribution < -0.4 is 0 Å². The number of hydrogen-bond acceptors (Lipinski definition) is 2. The van der Waals surface area contributed by atoms with Crippen molar-refractivity contribution in [3.05, 3.63) is 47.7 Å². The Morgan fingerprint density at radius 1 is 1.36 bits per heavy atom. The molecule has 0 aliphatic heterocycles. The van der Waals surface area contributed by atoms with E-state index < -0.39 is 0 Å². The van der Waals surface area contributed by atoms with Crippen LogP contribution in [0.15, 0.2) is 41.6 Å². The molecule has 1 rings (SSSR count). The molecule has 0 saturated heterocycles. The van der Waals surface area contributed by atoms with Crippen LogP contribution in [0.3, 0.4) is 0 Å².